The van der Waals surface area contributed by atoms with Gasteiger partial charge in [-0.3, -0.25) is 4.79 Å². The monoisotopic (exact) mass is 290 g/mol. The third kappa shape index (κ3) is 3.66. The van der Waals surface area contributed by atoms with Gasteiger partial charge in [0.2, 0.25) is 0 Å². The fraction of sp³-hybridized carbons (Fsp3) is 0.333. The molecule has 21 heavy (non-hydrogen) atoms. The number of hydrogen-bond acceptors (Lipinski definition) is 3. The summed E-state index contributed by atoms with van der Waals surface area (Å²) in [4.78, 5) is 11.1. The Morgan fingerprint density at radius 3 is 2.67 bits per heavy atom. The van der Waals surface area contributed by atoms with Crippen LogP contribution >= 0.6 is 0 Å². The first-order chi connectivity index (χ1) is 9.78. The average Bonchev–Trinajstić information content (AvgIpc) is 2.85. The van der Waals surface area contributed by atoms with E-state index in [0.717, 1.165) is 5.56 Å². The smallest absolute Gasteiger partial charge is 0.269 e. The Morgan fingerprint density at radius 2 is 2.10 bits per heavy atom. The number of carbonyl (C=O) groups excluding carboxylic acids is 1. The third-order valence-electron chi connectivity index (χ3n) is 2.95. The Labute approximate surface area is 123 Å². The number of rotatable bonds is 4. The van der Waals surface area contributed by atoms with E-state index in [1.165, 1.54) is 23.0 Å². The van der Waals surface area contributed by atoms with Crippen LogP contribution < -0.4 is 11.1 Å². The van der Waals surface area contributed by atoms with E-state index in [1.54, 1.807) is 6.07 Å². The molecule has 0 atom stereocenters. The Bertz CT molecular complexity index is 658. The maximum Gasteiger partial charge on any atom is 0.269 e. The largest absolute Gasteiger partial charge is 0.364 e. The number of benzene rings is 1. The van der Waals surface area contributed by atoms with Crippen molar-refractivity contribution in [1.29, 1.82) is 0 Å². The van der Waals surface area contributed by atoms with Crippen LogP contribution in [-0.4, -0.2) is 21.2 Å². The van der Waals surface area contributed by atoms with Gasteiger partial charge in [0, 0.05) is 18.3 Å². The molecule has 0 aliphatic heterocycles. The summed E-state index contributed by atoms with van der Waals surface area (Å²) in [6.45, 7) is 6.59. The van der Waals surface area contributed by atoms with Crippen LogP contribution in [0.4, 0.5) is 4.39 Å². The number of hydrogen-bond donors (Lipinski definition) is 2. The highest BCUT2D eigenvalue weighted by Crippen LogP contribution is 2.19. The number of amides is 1. The van der Waals surface area contributed by atoms with Crippen molar-refractivity contribution < 1.29 is 9.18 Å². The van der Waals surface area contributed by atoms with E-state index in [4.69, 9.17) is 5.73 Å². The molecule has 0 saturated heterocycles. The second-order valence-corrected chi connectivity index (χ2v) is 5.86. The molecule has 0 aliphatic carbocycles. The summed E-state index contributed by atoms with van der Waals surface area (Å²) in [5.41, 5.74) is 6.26. The summed E-state index contributed by atoms with van der Waals surface area (Å²) in [7, 11) is 0. The van der Waals surface area contributed by atoms with Gasteiger partial charge in [0.05, 0.1) is 0 Å². The highest BCUT2D eigenvalue weighted by Gasteiger charge is 2.16. The van der Waals surface area contributed by atoms with Crippen molar-refractivity contribution in [1.82, 2.24) is 15.1 Å². The first-order valence-corrected chi connectivity index (χ1v) is 6.66. The summed E-state index contributed by atoms with van der Waals surface area (Å²) in [6, 6.07) is 6.30. The third-order valence-corrected chi connectivity index (χ3v) is 2.95. The molecule has 1 amide bonds. The van der Waals surface area contributed by atoms with Crippen LogP contribution in [0.1, 0.15) is 36.8 Å². The van der Waals surface area contributed by atoms with Gasteiger partial charge < -0.3 is 11.1 Å². The van der Waals surface area contributed by atoms with E-state index in [9.17, 15) is 9.18 Å². The lowest BCUT2D eigenvalue weighted by molar-refractivity contribution is 0.0995. The van der Waals surface area contributed by atoms with Crippen LogP contribution in [0.2, 0.25) is 0 Å². The Hall–Kier alpha value is -2.21. The van der Waals surface area contributed by atoms with Gasteiger partial charge in [-0.25, -0.2) is 9.07 Å². The van der Waals surface area contributed by atoms with E-state index in [0.29, 0.717) is 12.2 Å². The predicted octanol–water partition coefficient (Wildman–Crippen LogP) is 2.00. The maximum atomic E-state index is 14.2. The molecule has 0 bridgehead atoms. The normalized spacial score (nSPS) is 11.6. The SMILES string of the molecule is CC(C)(C)NCc1cccc(F)c1-n1ccc(C(N)=O)n1. The molecule has 3 N–H and O–H groups in total. The van der Waals surface area contributed by atoms with Crippen molar-refractivity contribution in [3.8, 4) is 5.69 Å². The van der Waals surface area contributed by atoms with Crippen LogP contribution in [-0.2, 0) is 6.54 Å². The first-order valence-electron chi connectivity index (χ1n) is 6.66. The second-order valence-electron chi connectivity index (χ2n) is 5.86. The van der Waals surface area contributed by atoms with E-state index >= 15 is 0 Å². The minimum absolute atomic E-state index is 0.0912. The Morgan fingerprint density at radius 1 is 1.38 bits per heavy atom. The number of carbonyl (C=O) groups is 1. The van der Waals surface area contributed by atoms with Crippen molar-refractivity contribution in [2.45, 2.75) is 32.9 Å². The topological polar surface area (TPSA) is 72.9 Å². The Balaban J connectivity index is 2.39. The van der Waals surface area contributed by atoms with Crippen molar-refractivity contribution in [2.24, 2.45) is 5.73 Å². The number of nitrogens with two attached hydrogens (primary N) is 1. The molecule has 5 nitrogen and oxygen atoms in total. The quantitative estimate of drug-likeness (QED) is 0.904. The van der Waals surface area contributed by atoms with Gasteiger partial charge >= 0.3 is 0 Å². The predicted molar refractivity (Wildman–Crippen MR) is 78.6 cm³/mol. The highest BCUT2D eigenvalue weighted by atomic mass is 19.1. The molecule has 0 saturated carbocycles. The number of nitrogens with zero attached hydrogens (tertiary/aromatic N) is 2. The van der Waals surface area contributed by atoms with Gasteiger partial charge in [-0.2, -0.15) is 5.10 Å². The summed E-state index contributed by atoms with van der Waals surface area (Å²) < 4.78 is 15.5. The fourth-order valence-corrected chi connectivity index (χ4v) is 1.90. The molecule has 0 aliphatic rings. The van der Waals surface area contributed by atoms with Crippen LogP contribution in [0, 0.1) is 5.82 Å². The molecule has 0 radical (unpaired) electrons. The van der Waals surface area contributed by atoms with Crippen molar-refractivity contribution in [3.05, 3.63) is 47.5 Å². The fourth-order valence-electron chi connectivity index (χ4n) is 1.90. The minimum Gasteiger partial charge on any atom is -0.364 e. The number of para-hydroxylation sites is 1. The van der Waals surface area contributed by atoms with E-state index in [2.05, 4.69) is 10.4 Å². The molecular weight excluding hydrogens is 271 g/mol. The van der Waals surface area contributed by atoms with Crippen LogP contribution in [0.15, 0.2) is 30.5 Å². The standard InChI is InChI=1S/C15H19FN4O/c1-15(2,3)18-9-10-5-4-6-11(16)13(10)20-8-7-12(19-20)14(17)21/h4-8,18H,9H2,1-3H3,(H2,17,21). The summed E-state index contributed by atoms with van der Waals surface area (Å²) >= 11 is 0. The molecule has 0 fully saturated rings. The molecule has 112 valence electrons. The summed E-state index contributed by atoms with van der Waals surface area (Å²) in [5, 5.41) is 7.33. The molecule has 6 heteroatoms. The van der Waals surface area contributed by atoms with Gasteiger partial charge in [0.1, 0.15) is 17.2 Å². The van der Waals surface area contributed by atoms with Crippen LogP contribution in [0.25, 0.3) is 5.69 Å². The first kappa shape index (κ1) is 15.2. The van der Waals surface area contributed by atoms with Gasteiger partial charge in [0.25, 0.3) is 5.91 Å². The molecule has 1 heterocycles. The summed E-state index contributed by atoms with van der Waals surface area (Å²) in [5.74, 6) is -1.04. The van der Waals surface area contributed by atoms with Gasteiger partial charge in [0.15, 0.2) is 0 Å². The molecule has 0 spiro atoms. The van der Waals surface area contributed by atoms with Gasteiger partial charge in [-0.15, -0.1) is 0 Å². The van der Waals surface area contributed by atoms with Crippen LogP contribution in [0.3, 0.4) is 0 Å². The minimum atomic E-state index is -0.639. The van der Waals surface area contributed by atoms with Crippen LogP contribution in [0.5, 0.6) is 0 Å². The lowest BCUT2D eigenvalue weighted by atomic mass is 10.1. The van der Waals surface area contributed by atoms with E-state index in [1.807, 2.05) is 26.8 Å². The average molecular weight is 290 g/mol. The van der Waals surface area contributed by atoms with E-state index < -0.39 is 11.7 Å². The zero-order chi connectivity index (χ0) is 15.6. The maximum absolute atomic E-state index is 14.2. The molecule has 1 aromatic carbocycles. The molecule has 1 aromatic heterocycles. The highest BCUT2D eigenvalue weighted by molar-refractivity contribution is 5.90. The van der Waals surface area contributed by atoms with Crippen molar-refractivity contribution in [3.63, 3.8) is 0 Å². The second kappa shape index (κ2) is 5.65. The van der Waals surface area contributed by atoms with E-state index in [-0.39, 0.29) is 11.2 Å². The number of primary amides is 1. The molecule has 2 rings (SSSR count). The van der Waals surface area contributed by atoms with Gasteiger partial charge in [-0.1, -0.05) is 12.1 Å². The Kier molecular flexibility index (Phi) is 4.09. The number of aromatic nitrogens is 2. The zero-order valence-electron chi connectivity index (χ0n) is 12.4. The molecule has 2 aromatic rings. The molecule has 0 unspecified atom stereocenters. The zero-order valence-corrected chi connectivity index (χ0v) is 12.4. The molecular formula is C15H19FN4O. The van der Waals surface area contributed by atoms with Crippen molar-refractivity contribution in [2.75, 3.05) is 0 Å². The lowest BCUT2D eigenvalue weighted by Crippen LogP contribution is -2.35. The number of halogens is 1. The number of nitrogens with one attached hydrogen (secondary N) is 1. The summed E-state index contributed by atoms with van der Waals surface area (Å²) in [6.07, 6.45) is 1.53. The lowest BCUT2D eigenvalue weighted by Gasteiger charge is -2.21. The van der Waals surface area contributed by atoms with Crippen molar-refractivity contribution >= 4 is 5.91 Å². The van der Waals surface area contributed by atoms with Gasteiger partial charge in [-0.05, 0) is 38.5 Å².